The Morgan fingerprint density at radius 1 is 1.60 bits per heavy atom. The minimum absolute atomic E-state index is 0.442. The molecule has 56 valence electrons. The standard InChI is InChI=1S/C7H11ClN2/c1-5(9)4-10-7(3)6(2)8/h4H,2,9H2,1,3H3/b5-4-,10-7?. The molecule has 10 heavy (non-hydrogen) atoms. The average molecular weight is 159 g/mol. The van der Waals surface area contributed by atoms with Crippen LogP contribution in [0.25, 0.3) is 0 Å². The van der Waals surface area contributed by atoms with Crippen molar-refractivity contribution in [2.75, 3.05) is 0 Å². The van der Waals surface area contributed by atoms with Gasteiger partial charge in [-0.3, -0.25) is 4.99 Å². The number of halogens is 1. The van der Waals surface area contributed by atoms with Gasteiger partial charge in [0.2, 0.25) is 0 Å². The second-order valence-corrected chi connectivity index (χ2v) is 2.45. The second-order valence-electron chi connectivity index (χ2n) is 1.99. The van der Waals surface area contributed by atoms with E-state index in [9.17, 15) is 0 Å². The second kappa shape index (κ2) is 4.12. The summed E-state index contributed by atoms with van der Waals surface area (Å²) < 4.78 is 0. The van der Waals surface area contributed by atoms with Crippen LogP contribution in [0, 0.1) is 0 Å². The molecule has 0 aliphatic heterocycles. The summed E-state index contributed by atoms with van der Waals surface area (Å²) in [5.41, 5.74) is 6.66. The zero-order valence-electron chi connectivity index (χ0n) is 6.19. The lowest BCUT2D eigenvalue weighted by molar-refractivity contribution is 1.27. The van der Waals surface area contributed by atoms with E-state index in [0.717, 1.165) is 0 Å². The quantitative estimate of drug-likeness (QED) is 0.614. The number of nitrogens with zero attached hydrogens (tertiary/aromatic N) is 1. The molecular weight excluding hydrogens is 148 g/mol. The maximum atomic E-state index is 5.52. The van der Waals surface area contributed by atoms with Gasteiger partial charge < -0.3 is 5.73 Å². The van der Waals surface area contributed by atoms with Crippen LogP contribution in [-0.2, 0) is 0 Å². The van der Waals surface area contributed by atoms with Crippen LogP contribution >= 0.6 is 11.6 Å². The summed E-state index contributed by atoms with van der Waals surface area (Å²) in [6.45, 7) is 7.03. The Kier molecular flexibility index (Phi) is 3.81. The average Bonchev–Trinajstić information content (AvgIpc) is 1.82. The minimum atomic E-state index is 0.442. The first-order valence-corrected chi connectivity index (χ1v) is 3.23. The third-order valence-electron chi connectivity index (χ3n) is 0.854. The molecule has 0 fully saturated rings. The Balaban J connectivity index is 4.19. The van der Waals surface area contributed by atoms with Crippen LogP contribution in [0.5, 0.6) is 0 Å². The number of hydrogen-bond donors (Lipinski definition) is 1. The van der Waals surface area contributed by atoms with E-state index in [1.165, 1.54) is 0 Å². The third-order valence-corrected chi connectivity index (χ3v) is 1.13. The molecule has 0 aromatic carbocycles. The van der Waals surface area contributed by atoms with E-state index in [-0.39, 0.29) is 0 Å². The van der Waals surface area contributed by atoms with Crippen molar-refractivity contribution in [1.82, 2.24) is 0 Å². The molecule has 0 saturated carbocycles. The van der Waals surface area contributed by atoms with Gasteiger partial charge in [0.15, 0.2) is 0 Å². The summed E-state index contributed by atoms with van der Waals surface area (Å²) in [6.07, 6.45) is 1.54. The number of rotatable bonds is 2. The first-order valence-electron chi connectivity index (χ1n) is 2.85. The highest BCUT2D eigenvalue weighted by molar-refractivity contribution is 6.42. The van der Waals surface area contributed by atoms with Gasteiger partial charge in [0.05, 0.1) is 10.7 Å². The molecule has 0 aromatic rings. The fourth-order valence-electron chi connectivity index (χ4n) is 0.269. The number of aliphatic imine (C=N–C) groups is 1. The lowest BCUT2D eigenvalue weighted by atomic mass is 10.4. The lowest BCUT2D eigenvalue weighted by Crippen LogP contribution is -1.91. The molecule has 0 spiro atoms. The first-order chi connectivity index (χ1) is 4.54. The van der Waals surface area contributed by atoms with Crippen LogP contribution in [0.15, 0.2) is 28.5 Å². The topological polar surface area (TPSA) is 38.4 Å². The van der Waals surface area contributed by atoms with Gasteiger partial charge in [-0.25, -0.2) is 0 Å². The van der Waals surface area contributed by atoms with Crippen LogP contribution in [0.4, 0.5) is 0 Å². The highest BCUT2D eigenvalue weighted by Crippen LogP contribution is 2.00. The molecule has 0 bridgehead atoms. The predicted octanol–water partition coefficient (Wildman–Crippen LogP) is 2.02. The molecule has 0 unspecified atom stereocenters. The van der Waals surface area contributed by atoms with Gasteiger partial charge in [0.25, 0.3) is 0 Å². The van der Waals surface area contributed by atoms with E-state index >= 15 is 0 Å². The van der Waals surface area contributed by atoms with E-state index in [0.29, 0.717) is 16.4 Å². The molecule has 2 nitrogen and oxygen atoms in total. The predicted molar refractivity (Wildman–Crippen MR) is 46.0 cm³/mol. The van der Waals surface area contributed by atoms with E-state index in [4.69, 9.17) is 17.3 Å². The molecule has 0 atom stereocenters. The van der Waals surface area contributed by atoms with Gasteiger partial charge in [0, 0.05) is 11.9 Å². The van der Waals surface area contributed by atoms with Gasteiger partial charge in [-0.05, 0) is 13.8 Å². The largest absolute Gasteiger partial charge is 0.401 e. The Morgan fingerprint density at radius 2 is 2.10 bits per heavy atom. The van der Waals surface area contributed by atoms with Crippen molar-refractivity contribution in [2.45, 2.75) is 13.8 Å². The Morgan fingerprint density at radius 3 is 2.40 bits per heavy atom. The van der Waals surface area contributed by atoms with Gasteiger partial charge in [0.1, 0.15) is 0 Å². The molecule has 0 saturated heterocycles. The summed E-state index contributed by atoms with van der Waals surface area (Å²) >= 11 is 5.52. The minimum Gasteiger partial charge on any atom is -0.401 e. The number of allylic oxidation sites excluding steroid dienone is 2. The summed E-state index contributed by atoms with van der Waals surface area (Å²) in [5, 5.41) is 0.442. The van der Waals surface area contributed by atoms with Crippen molar-refractivity contribution >= 4 is 17.3 Å². The van der Waals surface area contributed by atoms with E-state index in [1.54, 1.807) is 20.0 Å². The zero-order valence-corrected chi connectivity index (χ0v) is 6.94. The molecule has 0 rings (SSSR count). The van der Waals surface area contributed by atoms with Crippen LogP contribution < -0.4 is 5.73 Å². The molecule has 0 aliphatic carbocycles. The lowest BCUT2D eigenvalue weighted by Gasteiger charge is -1.91. The number of nitrogens with two attached hydrogens (primary N) is 1. The molecule has 0 aromatic heterocycles. The van der Waals surface area contributed by atoms with E-state index in [2.05, 4.69) is 11.6 Å². The van der Waals surface area contributed by atoms with Gasteiger partial charge in [-0.1, -0.05) is 18.2 Å². The van der Waals surface area contributed by atoms with E-state index < -0.39 is 0 Å². The van der Waals surface area contributed by atoms with Gasteiger partial charge in [-0.2, -0.15) is 0 Å². The van der Waals surface area contributed by atoms with Crippen molar-refractivity contribution in [1.29, 1.82) is 0 Å². The number of hydrogen-bond acceptors (Lipinski definition) is 2. The summed E-state index contributed by atoms with van der Waals surface area (Å²) in [4.78, 5) is 3.92. The third kappa shape index (κ3) is 4.15. The first kappa shape index (κ1) is 9.24. The van der Waals surface area contributed by atoms with E-state index in [1.807, 2.05) is 0 Å². The van der Waals surface area contributed by atoms with Crippen LogP contribution in [-0.4, -0.2) is 5.71 Å². The highest BCUT2D eigenvalue weighted by atomic mass is 35.5. The monoisotopic (exact) mass is 158 g/mol. The Labute approximate surface area is 66.1 Å². The maximum Gasteiger partial charge on any atom is 0.0553 e. The molecule has 0 heterocycles. The fourth-order valence-corrected chi connectivity index (χ4v) is 0.317. The molecular formula is C7H11ClN2. The molecule has 0 aliphatic rings. The highest BCUT2D eigenvalue weighted by Gasteiger charge is 1.89. The zero-order chi connectivity index (χ0) is 8.15. The normalized spacial score (nSPS) is 13.5. The van der Waals surface area contributed by atoms with Crippen molar-refractivity contribution in [2.24, 2.45) is 10.7 Å². The fraction of sp³-hybridized carbons (Fsp3) is 0.286. The molecule has 2 N–H and O–H groups in total. The van der Waals surface area contributed by atoms with Crippen LogP contribution in [0.1, 0.15) is 13.8 Å². The van der Waals surface area contributed by atoms with Gasteiger partial charge in [-0.15, -0.1) is 0 Å². The Bertz CT molecular complexity index is 188. The maximum absolute atomic E-state index is 5.52. The molecule has 0 amide bonds. The van der Waals surface area contributed by atoms with Crippen LogP contribution in [0.3, 0.4) is 0 Å². The van der Waals surface area contributed by atoms with Gasteiger partial charge >= 0.3 is 0 Å². The molecule has 0 radical (unpaired) electrons. The Hall–Kier alpha value is -0.760. The van der Waals surface area contributed by atoms with Crippen molar-refractivity contribution < 1.29 is 0 Å². The summed E-state index contributed by atoms with van der Waals surface area (Å²) in [7, 11) is 0. The van der Waals surface area contributed by atoms with Crippen molar-refractivity contribution in [3.8, 4) is 0 Å². The smallest absolute Gasteiger partial charge is 0.0553 e. The summed E-state index contributed by atoms with van der Waals surface area (Å²) in [5.74, 6) is 0. The molecule has 3 heteroatoms. The van der Waals surface area contributed by atoms with Crippen LogP contribution in [0.2, 0.25) is 0 Å². The SMILES string of the molecule is C=C(Cl)C(C)=N/C=C(/C)N. The summed E-state index contributed by atoms with van der Waals surface area (Å²) in [6, 6.07) is 0. The van der Waals surface area contributed by atoms with Crippen molar-refractivity contribution in [3.63, 3.8) is 0 Å². The van der Waals surface area contributed by atoms with Crippen molar-refractivity contribution in [3.05, 3.63) is 23.5 Å².